The lowest BCUT2D eigenvalue weighted by molar-refractivity contribution is 0.0123. The van der Waals surface area contributed by atoms with Crippen molar-refractivity contribution in [1.82, 2.24) is 9.55 Å². The SMILES string of the molecule is Cc1c(-c2c(F)cc(C(N)=O)c3c2C2=C(C3)C[C@@H](C(C)(C)O)CC2)cccc1-n1c(=O)[nH]c2c(F)cccc2c1=O. The molecule has 1 amide bonds. The second-order valence-electron chi connectivity index (χ2n) is 11.5. The number of H-pyrrole nitrogens is 1. The molecule has 0 saturated heterocycles. The van der Waals surface area contributed by atoms with E-state index in [1.165, 1.54) is 12.1 Å². The van der Waals surface area contributed by atoms with E-state index in [-0.39, 0.29) is 33.6 Å². The van der Waals surface area contributed by atoms with Gasteiger partial charge in [-0.2, -0.15) is 0 Å². The van der Waals surface area contributed by atoms with E-state index in [2.05, 4.69) is 4.98 Å². The zero-order chi connectivity index (χ0) is 29.4. The van der Waals surface area contributed by atoms with Crippen molar-refractivity contribution in [3.05, 3.63) is 103 Å². The van der Waals surface area contributed by atoms with Gasteiger partial charge in [0.05, 0.1) is 22.2 Å². The lowest BCUT2D eigenvalue weighted by Gasteiger charge is -2.33. The molecule has 2 aliphatic carbocycles. The van der Waals surface area contributed by atoms with Gasteiger partial charge in [-0.1, -0.05) is 23.8 Å². The molecule has 0 unspecified atom stereocenters. The van der Waals surface area contributed by atoms with Gasteiger partial charge < -0.3 is 15.8 Å². The highest BCUT2D eigenvalue weighted by Gasteiger charge is 2.38. The molecule has 41 heavy (non-hydrogen) atoms. The number of primary amides is 1. The van der Waals surface area contributed by atoms with Crippen molar-refractivity contribution in [1.29, 1.82) is 0 Å². The fraction of sp³-hybridized carbons (Fsp3) is 0.281. The monoisotopic (exact) mass is 557 g/mol. The van der Waals surface area contributed by atoms with Gasteiger partial charge in [0.25, 0.3) is 5.56 Å². The zero-order valence-corrected chi connectivity index (χ0v) is 22.9. The molecule has 3 aromatic carbocycles. The number of halogens is 2. The largest absolute Gasteiger partial charge is 0.390 e. The Balaban J connectivity index is 1.59. The quantitative estimate of drug-likeness (QED) is 0.330. The smallest absolute Gasteiger partial charge is 0.333 e. The zero-order valence-electron chi connectivity index (χ0n) is 22.9. The van der Waals surface area contributed by atoms with Crippen molar-refractivity contribution in [3.63, 3.8) is 0 Å². The Labute approximate surface area is 234 Å². The van der Waals surface area contributed by atoms with Crippen molar-refractivity contribution >= 4 is 22.4 Å². The van der Waals surface area contributed by atoms with E-state index in [0.29, 0.717) is 47.9 Å². The summed E-state index contributed by atoms with van der Waals surface area (Å²) >= 11 is 0. The molecule has 0 radical (unpaired) electrons. The number of fused-ring (bicyclic) bond motifs is 3. The number of para-hydroxylation sites is 1. The van der Waals surface area contributed by atoms with Crippen LogP contribution >= 0.6 is 0 Å². The van der Waals surface area contributed by atoms with Crippen LogP contribution in [0.4, 0.5) is 8.78 Å². The Kier molecular flexibility index (Phi) is 6.11. The van der Waals surface area contributed by atoms with Crippen molar-refractivity contribution in [3.8, 4) is 16.8 Å². The third-order valence-corrected chi connectivity index (χ3v) is 8.70. The molecule has 2 aliphatic rings. The number of nitrogens with one attached hydrogen (secondary N) is 1. The first-order chi connectivity index (χ1) is 19.4. The number of nitrogens with two attached hydrogens (primary N) is 1. The number of aliphatic hydroxyl groups is 1. The molecule has 1 atom stereocenters. The van der Waals surface area contributed by atoms with Gasteiger partial charge in [-0.25, -0.2) is 18.1 Å². The normalized spacial score (nSPS) is 16.7. The van der Waals surface area contributed by atoms with Crippen LogP contribution in [0.25, 0.3) is 33.3 Å². The van der Waals surface area contributed by atoms with Crippen molar-refractivity contribution in [2.45, 2.75) is 52.1 Å². The number of rotatable bonds is 4. The predicted molar refractivity (Wildman–Crippen MR) is 153 cm³/mol. The highest BCUT2D eigenvalue weighted by atomic mass is 19.1. The van der Waals surface area contributed by atoms with Crippen molar-refractivity contribution < 1.29 is 18.7 Å². The summed E-state index contributed by atoms with van der Waals surface area (Å²) in [4.78, 5) is 41.3. The number of allylic oxidation sites excluding steroid dienone is 2. The standard InChI is InChI=1S/C32H29F2N3O4/c1-15-18(6-5-9-25(15)37-30(39)20-7-4-8-23(33)28(20)36-31(37)40)27-24(34)14-22(29(35)38)21-13-16-12-17(32(2,3)41)10-11-19(16)26(21)27/h4-9,14,17,41H,10-13H2,1-3H3,(H2,35,38)(H,36,40)/t17-/m0/s1. The van der Waals surface area contributed by atoms with E-state index in [1.54, 1.807) is 39.0 Å². The molecule has 0 saturated carbocycles. The minimum atomic E-state index is -0.887. The number of aromatic amines is 1. The van der Waals surface area contributed by atoms with Gasteiger partial charge in [0.15, 0.2) is 0 Å². The third kappa shape index (κ3) is 4.14. The van der Waals surface area contributed by atoms with Gasteiger partial charge in [0.1, 0.15) is 11.6 Å². The van der Waals surface area contributed by atoms with Crippen molar-refractivity contribution in [2.24, 2.45) is 11.7 Å². The Bertz CT molecular complexity index is 1950. The summed E-state index contributed by atoms with van der Waals surface area (Å²) in [6, 6.07) is 10.1. The summed E-state index contributed by atoms with van der Waals surface area (Å²) < 4.78 is 31.3. The molecule has 0 fully saturated rings. The lowest BCUT2D eigenvalue weighted by Crippen LogP contribution is -2.34. The van der Waals surface area contributed by atoms with Gasteiger partial charge in [0.2, 0.25) is 5.91 Å². The first kappa shape index (κ1) is 26.8. The average Bonchev–Trinajstić information content (AvgIpc) is 3.28. The fourth-order valence-corrected chi connectivity index (χ4v) is 6.57. The number of nitrogens with zero attached hydrogens (tertiary/aromatic N) is 1. The van der Waals surface area contributed by atoms with Gasteiger partial charge in [-0.15, -0.1) is 0 Å². The molecule has 0 spiro atoms. The van der Waals surface area contributed by atoms with Crippen molar-refractivity contribution in [2.75, 3.05) is 0 Å². The number of aromatic nitrogens is 2. The summed E-state index contributed by atoms with van der Waals surface area (Å²) in [7, 11) is 0. The van der Waals surface area contributed by atoms with Crippen LogP contribution in [0, 0.1) is 24.5 Å². The lowest BCUT2D eigenvalue weighted by atomic mass is 9.75. The summed E-state index contributed by atoms with van der Waals surface area (Å²) in [5.74, 6) is -2.07. The molecule has 7 nitrogen and oxygen atoms in total. The van der Waals surface area contributed by atoms with Gasteiger partial charge >= 0.3 is 5.69 Å². The van der Waals surface area contributed by atoms with E-state index in [1.807, 2.05) is 0 Å². The Hall–Kier alpha value is -4.37. The van der Waals surface area contributed by atoms with E-state index in [9.17, 15) is 23.9 Å². The molecular weight excluding hydrogens is 528 g/mol. The Morgan fingerprint density at radius 3 is 2.54 bits per heavy atom. The number of carbonyl (C=O) groups is 1. The maximum Gasteiger partial charge on any atom is 0.333 e. The number of hydrogen-bond acceptors (Lipinski definition) is 4. The van der Waals surface area contributed by atoms with Crippen LogP contribution in [0.1, 0.15) is 60.2 Å². The van der Waals surface area contributed by atoms with Crippen LogP contribution in [0.3, 0.4) is 0 Å². The number of hydrogen-bond donors (Lipinski definition) is 3. The Morgan fingerprint density at radius 1 is 1.10 bits per heavy atom. The van der Waals surface area contributed by atoms with Gasteiger partial charge in [0, 0.05) is 11.1 Å². The summed E-state index contributed by atoms with van der Waals surface area (Å²) in [5.41, 5.74) is 7.88. The number of carbonyl (C=O) groups excluding carboxylic acids is 1. The number of benzene rings is 3. The van der Waals surface area contributed by atoms with Crippen LogP contribution in [0.5, 0.6) is 0 Å². The van der Waals surface area contributed by atoms with Crippen LogP contribution in [0.15, 0.2) is 57.6 Å². The topological polar surface area (TPSA) is 118 Å². The highest BCUT2D eigenvalue weighted by Crippen LogP contribution is 2.51. The third-order valence-electron chi connectivity index (χ3n) is 8.70. The second-order valence-corrected chi connectivity index (χ2v) is 11.5. The van der Waals surface area contributed by atoms with Crippen LogP contribution in [0.2, 0.25) is 0 Å². The van der Waals surface area contributed by atoms with Gasteiger partial charge in [-0.05, 0) is 104 Å². The van der Waals surface area contributed by atoms with Crippen LogP contribution in [-0.4, -0.2) is 26.2 Å². The molecule has 4 N–H and O–H groups in total. The average molecular weight is 558 g/mol. The number of amides is 1. The first-order valence-corrected chi connectivity index (χ1v) is 13.5. The molecule has 6 rings (SSSR count). The molecule has 210 valence electrons. The summed E-state index contributed by atoms with van der Waals surface area (Å²) in [6.07, 6.45) is 2.34. The minimum absolute atomic E-state index is 0.00523. The molecule has 9 heteroatoms. The molecule has 1 aromatic heterocycles. The second kappa shape index (κ2) is 9.34. The highest BCUT2D eigenvalue weighted by molar-refractivity contribution is 6.00. The maximum absolute atomic E-state index is 16.1. The first-order valence-electron chi connectivity index (χ1n) is 13.5. The molecule has 0 aliphatic heterocycles. The molecular formula is C32H29F2N3O4. The van der Waals surface area contributed by atoms with E-state index in [4.69, 9.17) is 5.73 Å². The predicted octanol–water partition coefficient (Wildman–Crippen LogP) is 4.91. The summed E-state index contributed by atoms with van der Waals surface area (Å²) in [6.45, 7) is 5.26. The molecule has 4 aromatic rings. The molecule has 0 bridgehead atoms. The van der Waals surface area contributed by atoms with E-state index < -0.39 is 34.4 Å². The fourth-order valence-electron chi connectivity index (χ4n) is 6.57. The minimum Gasteiger partial charge on any atom is -0.390 e. The van der Waals surface area contributed by atoms with Crippen LogP contribution in [-0.2, 0) is 6.42 Å². The summed E-state index contributed by atoms with van der Waals surface area (Å²) in [5, 5.41) is 10.7. The Morgan fingerprint density at radius 2 is 1.83 bits per heavy atom. The van der Waals surface area contributed by atoms with Gasteiger partial charge in [-0.3, -0.25) is 9.59 Å². The molecule has 1 heterocycles. The maximum atomic E-state index is 16.1. The van der Waals surface area contributed by atoms with Crippen LogP contribution < -0.4 is 17.0 Å². The van der Waals surface area contributed by atoms with E-state index in [0.717, 1.165) is 27.8 Å². The van der Waals surface area contributed by atoms with E-state index >= 15 is 4.39 Å².